The Hall–Kier alpha value is -4.41. The molecule has 1 saturated heterocycles. The number of rotatable bonds is 8. The molecular weight excluding hydrogens is 534 g/mol. The number of fused-ring (bicyclic) bond motifs is 1. The summed E-state index contributed by atoms with van der Waals surface area (Å²) in [5.74, 6) is -0.375. The molecule has 0 saturated carbocycles. The van der Waals surface area contributed by atoms with Gasteiger partial charge in [-0.3, -0.25) is 19.7 Å². The number of nitrogens with zero attached hydrogens (tertiary/aromatic N) is 1. The van der Waals surface area contributed by atoms with Crippen LogP contribution >= 0.6 is 11.6 Å². The van der Waals surface area contributed by atoms with Crippen molar-refractivity contribution in [2.24, 2.45) is 5.73 Å². The fourth-order valence-corrected chi connectivity index (χ4v) is 4.98. The Bertz CT molecular complexity index is 1480. The largest absolute Gasteiger partial charge is 0.489 e. The van der Waals surface area contributed by atoms with Crippen molar-refractivity contribution in [3.05, 3.63) is 93.5 Å². The first-order valence-corrected chi connectivity index (χ1v) is 13.2. The van der Waals surface area contributed by atoms with E-state index in [1.165, 1.54) is 4.90 Å². The second-order valence-corrected chi connectivity index (χ2v) is 10.0. The number of carbonyl (C=O) groups is 4. The van der Waals surface area contributed by atoms with E-state index in [2.05, 4.69) is 16.0 Å². The van der Waals surface area contributed by atoms with Crippen LogP contribution in [0.4, 0.5) is 10.5 Å². The maximum atomic E-state index is 12.8. The molecule has 0 bridgehead atoms. The number of nitrogens with two attached hydrogens (primary N) is 1. The molecule has 0 spiro atoms. The van der Waals surface area contributed by atoms with Gasteiger partial charge in [0.25, 0.3) is 5.91 Å². The topological polar surface area (TPSA) is 143 Å². The highest BCUT2D eigenvalue weighted by Crippen LogP contribution is 2.28. The first kappa shape index (κ1) is 27.2. The smallest absolute Gasteiger partial charge is 0.319 e. The zero-order chi connectivity index (χ0) is 28.2. The Labute approximate surface area is 235 Å². The Morgan fingerprint density at radius 3 is 2.55 bits per heavy atom. The molecule has 10 nitrogen and oxygen atoms in total. The van der Waals surface area contributed by atoms with Gasteiger partial charge in [-0.1, -0.05) is 35.9 Å². The summed E-state index contributed by atoms with van der Waals surface area (Å²) in [5.41, 5.74) is 10.1. The Kier molecular flexibility index (Phi) is 7.99. The van der Waals surface area contributed by atoms with Crippen LogP contribution in [0.5, 0.6) is 5.75 Å². The van der Waals surface area contributed by atoms with E-state index < -0.39 is 11.9 Å². The highest BCUT2D eigenvalue weighted by atomic mass is 35.5. The van der Waals surface area contributed by atoms with Gasteiger partial charge in [-0.25, -0.2) is 4.79 Å². The number of ether oxygens (including phenoxy) is 1. The van der Waals surface area contributed by atoms with Gasteiger partial charge in [0.2, 0.25) is 11.8 Å². The van der Waals surface area contributed by atoms with Gasteiger partial charge in [-0.2, -0.15) is 0 Å². The van der Waals surface area contributed by atoms with Gasteiger partial charge in [0.05, 0.1) is 0 Å². The molecule has 0 radical (unpaired) electrons. The monoisotopic (exact) mass is 561 g/mol. The summed E-state index contributed by atoms with van der Waals surface area (Å²) in [6.07, 6.45) is 0.513. The average Bonchev–Trinajstić information content (AvgIpc) is 3.27. The number of amides is 5. The zero-order valence-corrected chi connectivity index (χ0v) is 22.3. The lowest BCUT2D eigenvalue weighted by Gasteiger charge is -2.29. The summed E-state index contributed by atoms with van der Waals surface area (Å²) in [5, 5.41) is 8.48. The molecule has 1 unspecified atom stereocenters. The van der Waals surface area contributed by atoms with Crippen molar-refractivity contribution < 1.29 is 23.9 Å². The molecule has 0 aliphatic carbocycles. The molecule has 2 aliphatic rings. The molecule has 2 heterocycles. The van der Waals surface area contributed by atoms with Crippen LogP contribution in [0.15, 0.2) is 60.7 Å². The number of hydrogen-bond acceptors (Lipinski definition) is 6. The maximum Gasteiger partial charge on any atom is 0.319 e. The van der Waals surface area contributed by atoms with Crippen LogP contribution < -0.4 is 26.4 Å². The quantitative estimate of drug-likeness (QED) is 0.310. The van der Waals surface area contributed by atoms with Crippen LogP contribution in [0.2, 0.25) is 5.02 Å². The fourth-order valence-electron chi connectivity index (χ4n) is 4.73. The summed E-state index contributed by atoms with van der Waals surface area (Å²) in [4.78, 5) is 50.5. The van der Waals surface area contributed by atoms with Crippen molar-refractivity contribution >= 4 is 41.0 Å². The third-order valence-electron chi connectivity index (χ3n) is 6.90. The van der Waals surface area contributed by atoms with Gasteiger partial charge < -0.3 is 26.0 Å². The Morgan fingerprint density at radius 2 is 1.82 bits per heavy atom. The van der Waals surface area contributed by atoms with Crippen molar-refractivity contribution in [3.63, 3.8) is 0 Å². The van der Waals surface area contributed by atoms with Crippen molar-refractivity contribution in [1.82, 2.24) is 15.5 Å². The molecule has 5 rings (SSSR count). The van der Waals surface area contributed by atoms with E-state index in [4.69, 9.17) is 22.1 Å². The minimum Gasteiger partial charge on any atom is -0.489 e. The zero-order valence-electron chi connectivity index (χ0n) is 21.5. The van der Waals surface area contributed by atoms with E-state index >= 15 is 0 Å². The number of urea groups is 1. The normalized spacial score (nSPS) is 16.4. The van der Waals surface area contributed by atoms with Gasteiger partial charge in [-0.15, -0.1) is 0 Å². The summed E-state index contributed by atoms with van der Waals surface area (Å²) in [6.45, 7) is 1.24. The first-order valence-electron chi connectivity index (χ1n) is 12.8. The first-order chi connectivity index (χ1) is 19.3. The SMILES string of the molecule is NCc1ccc(COc2ccc(NC(=O)NCc3ccc4c(c3)CN(C3CCC(=O)NC3=O)C4=O)cc2)c(Cl)c1. The number of imide groups is 1. The predicted octanol–water partition coefficient (Wildman–Crippen LogP) is 3.46. The van der Waals surface area contributed by atoms with Crippen LogP contribution in [0.1, 0.15) is 45.5 Å². The number of nitrogens with one attached hydrogen (secondary N) is 3. The second-order valence-electron chi connectivity index (χ2n) is 9.64. The number of piperidine rings is 1. The average molecular weight is 562 g/mol. The van der Waals surface area contributed by atoms with E-state index in [0.29, 0.717) is 41.6 Å². The van der Waals surface area contributed by atoms with E-state index in [9.17, 15) is 19.2 Å². The number of benzene rings is 3. The standard InChI is InChI=1S/C29H28ClN5O5/c30-24-12-17(13-31)1-3-19(24)16-40-22-6-4-21(5-7-22)33-29(39)32-14-18-2-8-23-20(11-18)15-35(28(23)38)25-9-10-26(36)34-27(25)37/h1-8,11-12,25H,9-10,13-16,31H2,(H2,32,33,39)(H,34,36,37). The van der Waals surface area contributed by atoms with Crippen LogP contribution in [-0.4, -0.2) is 34.7 Å². The van der Waals surface area contributed by atoms with Gasteiger partial charge >= 0.3 is 6.03 Å². The summed E-state index contributed by atoms with van der Waals surface area (Å²) in [6, 6.07) is 16.9. The van der Waals surface area contributed by atoms with Gasteiger partial charge in [0.1, 0.15) is 18.4 Å². The number of anilines is 1. The third kappa shape index (κ3) is 6.08. The predicted molar refractivity (Wildman–Crippen MR) is 148 cm³/mol. The lowest BCUT2D eigenvalue weighted by molar-refractivity contribution is -0.136. The van der Waals surface area contributed by atoms with Gasteiger partial charge in [-0.05, 0) is 59.5 Å². The molecule has 5 N–H and O–H groups in total. The summed E-state index contributed by atoms with van der Waals surface area (Å²) in [7, 11) is 0. The highest BCUT2D eigenvalue weighted by Gasteiger charge is 2.39. The van der Waals surface area contributed by atoms with Crippen molar-refractivity contribution in [1.29, 1.82) is 0 Å². The van der Waals surface area contributed by atoms with Crippen LogP contribution in [0, 0.1) is 0 Å². The van der Waals surface area contributed by atoms with E-state index in [-0.39, 0.29) is 37.4 Å². The van der Waals surface area contributed by atoms with Crippen molar-refractivity contribution in [2.45, 2.75) is 45.1 Å². The lowest BCUT2D eigenvalue weighted by Crippen LogP contribution is -2.52. The molecule has 11 heteroatoms. The Balaban J connectivity index is 1.11. The molecule has 40 heavy (non-hydrogen) atoms. The van der Waals surface area contributed by atoms with Crippen LogP contribution in [-0.2, 0) is 35.8 Å². The molecule has 0 aromatic heterocycles. The molecule has 5 amide bonds. The fraction of sp³-hybridized carbons (Fsp3) is 0.241. The summed E-state index contributed by atoms with van der Waals surface area (Å²) >= 11 is 6.28. The molecule has 3 aromatic carbocycles. The van der Waals surface area contributed by atoms with Crippen molar-refractivity contribution in [3.8, 4) is 5.75 Å². The number of hydrogen-bond donors (Lipinski definition) is 4. The van der Waals surface area contributed by atoms with Crippen molar-refractivity contribution in [2.75, 3.05) is 5.32 Å². The summed E-state index contributed by atoms with van der Waals surface area (Å²) < 4.78 is 5.80. The lowest BCUT2D eigenvalue weighted by atomic mass is 10.0. The van der Waals surface area contributed by atoms with E-state index in [1.54, 1.807) is 36.4 Å². The Morgan fingerprint density at radius 1 is 1.05 bits per heavy atom. The molecule has 2 aliphatic heterocycles. The number of halogens is 1. The molecule has 1 atom stereocenters. The van der Waals surface area contributed by atoms with Crippen LogP contribution in [0.3, 0.4) is 0 Å². The third-order valence-corrected chi connectivity index (χ3v) is 7.25. The molecular formula is C29H28ClN5O5. The maximum absolute atomic E-state index is 12.8. The van der Waals surface area contributed by atoms with Gasteiger partial charge in [0.15, 0.2) is 0 Å². The number of carbonyl (C=O) groups excluding carboxylic acids is 4. The molecule has 206 valence electrons. The van der Waals surface area contributed by atoms with E-state index in [1.807, 2.05) is 24.3 Å². The van der Waals surface area contributed by atoms with Gasteiger partial charge in [0, 0.05) is 47.9 Å². The molecule has 3 aromatic rings. The second kappa shape index (κ2) is 11.8. The van der Waals surface area contributed by atoms with Crippen LogP contribution in [0.25, 0.3) is 0 Å². The minimum atomic E-state index is -0.664. The minimum absolute atomic E-state index is 0.204. The highest BCUT2D eigenvalue weighted by molar-refractivity contribution is 6.31. The molecule has 1 fully saturated rings. The van der Waals surface area contributed by atoms with E-state index in [0.717, 1.165) is 22.3 Å².